The Bertz CT molecular complexity index is 422. The molecule has 18 heavy (non-hydrogen) atoms. The Labute approximate surface area is 108 Å². The van der Waals surface area contributed by atoms with Crippen molar-refractivity contribution in [3.8, 4) is 5.75 Å². The lowest BCUT2D eigenvalue weighted by Crippen LogP contribution is -2.40. The molecule has 3 heteroatoms. The number of nitrogens with one attached hydrogen (secondary N) is 1. The normalized spacial score (nSPS) is 18.5. The first kappa shape index (κ1) is 13.1. The Morgan fingerprint density at radius 1 is 1.39 bits per heavy atom. The van der Waals surface area contributed by atoms with Gasteiger partial charge < -0.3 is 15.2 Å². The first-order chi connectivity index (χ1) is 8.62. The van der Waals surface area contributed by atoms with Gasteiger partial charge in [0.1, 0.15) is 11.5 Å². The van der Waals surface area contributed by atoms with Crippen molar-refractivity contribution in [1.82, 2.24) is 5.32 Å². The quantitative estimate of drug-likeness (QED) is 0.859. The lowest BCUT2D eigenvalue weighted by molar-refractivity contribution is -0.117. The number of carbonyl (C=O) groups is 1. The van der Waals surface area contributed by atoms with Gasteiger partial charge in [0.25, 0.3) is 0 Å². The van der Waals surface area contributed by atoms with Crippen LogP contribution in [0.3, 0.4) is 0 Å². The largest absolute Gasteiger partial charge is 0.508 e. The molecule has 1 aromatic rings. The number of rotatable bonds is 4. The van der Waals surface area contributed by atoms with Crippen molar-refractivity contribution in [3.05, 3.63) is 29.8 Å². The van der Waals surface area contributed by atoms with Gasteiger partial charge >= 0.3 is 0 Å². The Balaban J connectivity index is 2.25. The molecule has 1 saturated heterocycles. The zero-order valence-electron chi connectivity index (χ0n) is 10.9. The van der Waals surface area contributed by atoms with Crippen LogP contribution in [-0.4, -0.2) is 24.0 Å². The van der Waals surface area contributed by atoms with Crippen molar-refractivity contribution in [2.24, 2.45) is 0 Å². The highest BCUT2D eigenvalue weighted by Gasteiger charge is 2.33. The van der Waals surface area contributed by atoms with Crippen LogP contribution in [0.5, 0.6) is 5.75 Å². The summed E-state index contributed by atoms with van der Waals surface area (Å²) in [5.41, 5.74) is 1.22. The summed E-state index contributed by atoms with van der Waals surface area (Å²) in [5.74, 6) is 0.557. The molecule has 0 atom stereocenters. The number of aromatic hydroxyl groups is 1. The average Bonchev–Trinajstić information content (AvgIpc) is 2.37. The minimum Gasteiger partial charge on any atom is -0.508 e. The highest BCUT2D eigenvalue weighted by atomic mass is 16.3. The number of Topliss-reactive ketones (excluding diaryl/α,β-unsaturated/α-hetero) is 1. The van der Waals surface area contributed by atoms with E-state index < -0.39 is 0 Å². The summed E-state index contributed by atoms with van der Waals surface area (Å²) in [6.45, 7) is 3.61. The van der Waals surface area contributed by atoms with Crippen LogP contribution < -0.4 is 5.32 Å². The van der Waals surface area contributed by atoms with E-state index >= 15 is 0 Å². The highest BCUT2D eigenvalue weighted by molar-refractivity contribution is 5.75. The molecule has 0 unspecified atom stereocenters. The van der Waals surface area contributed by atoms with Crippen molar-refractivity contribution in [1.29, 1.82) is 0 Å². The fourth-order valence-electron chi connectivity index (χ4n) is 2.84. The summed E-state index contributed by atoms with van der Waals surface area (Å²) in [6, 6.07) is 7.52. The van der Waals surface area contributed by atoms with Crippen molar-refractivity contribution in [2.45, 2.75) is 38.0 Å². The first-order valence-corrected chi connectivity index (χ1v) is 6.62. The van der Waals surface area contributed by atoms with E-state index in [1.165, 1.54) is 5.56 Å². The predicted molar refractivity (Wildman–Crippen MR) is 71.8 cm³/mol. The third-order valence-corrected chi connectivity index (χ3v) is 3.97. The first-order valence-electron chi connectivity index (χ1n) is 6.62. The smallest absolute Gasteiger partial charge is 0.129 e. The Kier molecular flexibility index (Phi) is 4.02. The molecule has 0 amide bonds. The van der Waals surface area contributed by atoms with Crippen molar-refractivity contribution in [3.63, 3.8) is 0 Å². The summed E-state index contributed by atoms with van der Waals surface area (Å²) >= 11 is 0. The Morgan fingerprint density at radius 3 is 2.72 bits per heavy atom. The van der Waals surface area contributed by atoms with E-state index in [9.17, 15) is 9.90 Å². The second-order valence-corrected chi connectivity index (χ2v) is 5.28. The van der Waals surface area contributed by atoms with Gasteiger partial charge in [0.15, 0.2) is 0 Å². The third kappa shape index (κ3) is 2.91. The Hall–Kier alpha value is -1.35. The fraction of sp³-hybridized carbons (Fsp3) is 0.533. The zero-order chi connectivity index (χ0) is 13.0. The lowest BCUT2D eigenvalue weighted by atomic mass is 9.70. The number of phenolic OH excluding ortho intramolecular Hbond substituents is 1. The van der Waals surface area contributed by atoms with Gasteiger partial charge in [-0.25, -0.2) is 0 Å². The molecule has 0 spiro atoms. The average molecular weight is 247 g/mol. The van der Waals surface area contributed by atoms with E-state index in [-0.39, 0.29) is 11.2 Å². The molecule has 1 heterocycles. The number of hydrogen-bond acceptors (Lipinski definition) is 3. The second-order valence-electron chi connectivity index (χ2n) is 5.28. The van der Waals surface area contributed by atoms with Gasteiger partial charge in [-0.3, -0.25) is 0 Å². The van der Waals surface area contributed by atoms with Crippen LogP contribution >= 0.6 is 0 Å². The number of phenols is 1. The third-order valence-electron chi connectivity index (χ3n) is 3.97. The van der Waals surface area contributed by atoms with Gasteiger partial charge in [0, 0.05) is 6.42 Å². The van der Waals surface area contributed by atoms with Crippen LogP contribution in [-0.2, 0) is 10.2 Å². The van der Waals surface area contributed by atoms with Crippen molar-refractivity contribution < 1.29 is 9.90 Å². The van der Waals surface area contributed by atoms with Gasteiger partial charge in [0.2, 0.25) is 0 Å². The van der Waals surface area contributed by atoms with Gasteiger partial charge in [0.05, 0.1) is 0 Å². The molecule has 1 aliphatic heterocycles. The van der Waals surface area contributed by atoms with Crippen molar-refractivity contribution in [2.75, 3.05) is 13.1 Å². The molecule has 1 aliphatic rings. The minimum atomic E-state index is 0.0513. The lowest BCUT2D eigenvalue weighted by Gasteiger charge is -2.38. The van der Waals surface area contributed by atoms with E-state index in [1.807, 2.05) is 12.1 Å². The predicted octanol–water partition coefficient (Wildman–Crippen LogP) is 2.38. The van der Waals surface area contributed by atoms with Crippen LogP contribution in [0, 0.1) is 0 Å². The SMILES string of the molecule is CC(=O)CCC1(c2cccc(O)c2)CCNCC1. The monoisotopic (exact) mass is 247 g/mol. The molecule has 0 radical (unpaired) electrons. The molecule has 1 fully saturated rings. The zero-order valence-corrected chi connectivity index (χ0v) is 10.9. The fourth-order valence-corrected chi connectivity index (χ4v) is 2.84. The number of piperidine rings is 1. The molecule has 0 aromatic heterocycles. The van der Waals surface area contributed by atoms with Gasteiger partial charge in [-0.15, -0.1) is 0 Å². The molecule has 0 saturated carbocycles. The van der Waals surface area contributed by atoms with Crippen LogP contribution in [0.15, 0.2) is 24.3 Å². The van der Waals surface area contributed by atoms with Crippen LogP contribution in [0.1, 0.15) is 38.2 Å². The van der Waals surface area contributed by atoms with E-state index in [0.717, 1.165) is 32.4 Å². The molecular formula is C15H21NO2. The molecule has 0 bridgehead atoms. The minimum absolute atomic E-state index is 0.0513. The van der Waals surface area contributed by atoms with Crippen LogP contribution in [0.4, 0.5) is 0 Å². The summed E-state index contributed by atoms with van der Waals surface area (Å²) in [4.78, 5) is 11.3. The molecule has 98 valence electrons. The molecule has 3 nitrogen and oxygen atoms in total. The number of hydrogen-bond donors (Lipinski definition) is 2. The molecule has 1 aromatic carbocycles. The maximum absolute atomic E-state index is 11.3. The van der Waals surface area contributed by atoms with E-state index in [2.05, 4.69) is 11.4 Å². The van der Waals surface area contributed by atoms with Gasteiger partial charge in [-0.2, -0.15) is 0 Å². The number of ketones is 1. The molecular weight excluding hydrogens is 226 g/mol. The molecule has 2 N–H and O–H groups in total. The van der Waals surface area contributed by atoms with Crippen LogP contribution in [0.2, 0.25) is 0 Å². The molecule has 2 rings (SSSR count). The standard InChI is InChI=1S/C15H21NO2/c1-12(17)5-6-15(7-9-16-10-8-15)13-3-2-4-14(18)11-13/h2-4,11,16,18H,5-10H2,1H3. The number of benzene rings is 1. The highest BCUT2D eigenvalue weighted by Crippen LogP contribution is 2.39. The van der Waals surface area contributed by atoms with E-state index in [1.54, 1.807) is 13.0 Å². The summed E-state index contributed by atoms with van der Waals surface area (Å²) in [6.07, 6.45) is 3.57. The number of carbonyl (C=O) groups excluding carboxylic acids is 1. The summed E-state index contributed by atoms with van der Waals surface area (Å²) < 4.78 is 0. The summed E-state index contributed by atoms with van der Waals surface area (Å²) in [7, 11) is 0. The summed E-state index contributed by atoms with van der Waals surface area (Å²) in [5, 5.41) is 13.0. The van der Waals surface area contributed by atoms with E-state index in [4.69, 9.17) is 0 Å². The van der Waals surface area contributed by atoms with Crippen molar-refractivity contribution >= 4 is 5.78 Å². The van der Waals surface area contributed by atoms with Crippen LogP contribution in [0.25, 0.3) is 0 Å². The maximum atomic E-state index is 11.3. The maximum Gasteiger partial charge on any atom is 0.129 e. The Morgan fingerprint density at radius 2 is 2.11 bits per heavy atom. The topological polar surface area (TPSA) is 49.3 Å². The van der Waals surface area contributed by atoms with Gasteiger partial charge in [-0.1, -0.05) is 12.1 Å². The molecule has 0 aliphatic carbocycles. The van der Waals surface area contributed by atoms with Gasteiger partial charge in [-0.05, 0) is 62.4 Å². The van der Waals surface area contributed by atoms with E-state index in [0.29, 0.717) is 12.2 Å². The second kappa shape index (κ2) is 5.53.